The van der Waals surface area contributed by atoms with Crippen LogP contribution in [0.25, 0.3) is 0 Å². The molecule has 138 valence electrons. The molecule has 0 saturated carbocycles. The molecular formula is C19H29N3O3. The number of nitrogens with one attached hydrogen (secondary N) is 1. The number of ether oxygens (including phenoxy) is 1. The summed E-state index contributed by atoms with van der Waals surface area (Å²) in [6, 6.07) is 3.18. The Balaban J connectivity index is 1.47. The number of H-pyrrole nitrogens is 1. The maximum absolute atomic E-state index is 12.6. The van der Waals surface area contributed by atoms with Crippen LogP contribution in [0.4, 0.5) is 0 Å². The zero-order valence-electron chi connectivity index (χ0n) is 15.1. The first-order valence-electron chi connectivity index (χ1n) is 9.52. The van der Waals surface area contributed by atoms with Gasteiger partial charge in [0, 0.05) is 37.0 Å². The first kappa shape index (κ1) is 18.1. The number of aromatic nitrogens is 1. The molecule has 1 atom stereocenters. The highest BCUT2D eigenvalue weighted by Crippen LogP contribution is 2.16. The van der Waals surface area contributed by atoms with Crippen molar-refractivity contribution >= 4 is 5.91 Å². The number of hydrogen-bond donors (Lipinski definition) is 1. The highest BCUT2D eigenvalue weighted by atomic mass is 16.5. The lowest BCUT2D eigenvalue weighted by atomic mass is 10.1. The minimum Gasteiger partial charge on any atom is -0.375 e. The smallest absolute Gasteiger partial charge is 0.254 e. The number of carbonyl (C=O) groups is 1. The van der Waals surface area contributed by atoms with E-state index in [1.54, 1.807) is 11.0 Å². The molecule has 1 N–H and O–H groups in total. The van der Waals surface area contributed by atoms with Gasteiger partial charge in [0.2, 0.25) is 5.56 Å². The molecule has 6 heteroatoms. The van der Waals surface area contributed by atoms with E-state index < -0.39 is 0 Å². The molecule has 0 radical (unpaired) electrons. The van der Waals surface area contributed by atoms with E-state index in [1.807, 2.05) is 6.92 Å². The van der Waals surface area contributed by atoms with Crippen molar-refractivity contribution in [3.05, 3.63) is 33.7 Å². The van der Waals surface area contributed by atoms with Crippen molar-refractivity contribution in [3.63, 3.8) is 0 Å². The largest absolute Gasteiger partial charge is 0.375 e. The van der Waals surface area contributed by atoms with Crippen LogP contribution in [0.5, 0.6) is 0 Å². The maximum atomic E-state index is 12.6. The van der Waals surface area contributed by atoms with E-state index in [0.717, 1.165) is 25.3 Å². The standard InChI is InChI=1S/C19H29N3O3/c1-2-16-12-15(13-18(23)20-16)19(24)22-9-6-17(14-22)25-11-10-21-7-4-3-5-8-21/h12-13,17H,2-11,14H2,1H3,(H,20,23). The minimum atomic E-state index is -0.212. The van der Waals surface area contributed by atoms with Gasteiger partial charge in [0.1, 0.15) is 0 Å². The van der Waals surface area contributed by atoms with Crippen molar-refractivity contribution in [1.82, 2.24) is 14.8 Å². The van der Waals surface area contributed by atoms with Crippen molar-refractivity contribution in [3.8, 4) is 0 Å². The number of piperidine rings is 1. The van der Waals surface area contributed by atoms with Crippen LogP contribution in [0, 0.1) is 0 Å². The second kappa shape index (κ2) is 8.63. The maximum Gasteiger partial charge on any atom is 0.254 e. The first-order chi connectivity index (χ1) is 12.2. The van der Waals surface area contributed by atoms with Crippen molar-refractivity contribution in [2.45, 2.75) is 45.1 Å². The highest BCUT2D eigenvalue weighted by Gasteiger charge is 2.28. The molecule has 0 bridgehead atoms. The number of carbonyl (C=O) groups excluding carboxylic acids is 1. The number of amides is 1. The van der Waals surface area contributed by atoms with Crippen molar-refractivity contribution in [1.29, 1.82) is 0 Å². The van der Waals surface area contributed by atoms with E-state index in [1.165, 1.54) is 38.4 Å². The molecule has 3 rings (SSSR count). The van der Waals surface area contributed by atoms with Gasteiger partial charge in [-0.05, 0) is 44.8 Å². The Hall–Kier alpha value is -1.66. The summed E-state index contributed by atoms with van der Waals surface area (Å²) in [6.07, 6.45) is 5.62. The minimum absolute atomic E-state index is 0.0667. The Morgan fingerprint density at radius 2 is 2.04 bits per heavy atom. The number of likely N-dealkylation sites (tertiary alicyclic amines) is 2. The number of nitrogens with zero attached hydrogens (tertiary/aromatic N) is 2. The van der Waals surface area contributed by atoms with Crippen molar-refractivity contribution in [2.75, 3.05) is 39.3 Å². The summed E-state index contributed by atoms with van der Waals surface area (Å²) in [5.74, 6) is -0.0667. The van der Waals surface area contributed by atoms with E-state index in [9.17, 15) is 9.59 Å². The van der Waals surface area contributed by atoms with E-state index >= 15 is 0 Å². The predicted octanol–water partition coefficient (Wildman–Crippen LogP) is 1.65. The summed E-state index contributed by atoms with van der Waals surface area (Å²) in [5, 5.41) is 0. The first-order valence-corrected chi connectivity index (χ1v) is 9.52. The lowest BCUT2D eigenvalue weighted by molar-refractivity contribution is 0.0379. The molecule has 2 aliphatic heterocycles. The lowest BCUT2D eigenvalue weighted by Crippen LogP contribution is -2.34. The molecule has 25 heavy (non-hydrogen) atoms. The van der Waals surface area contributed by atoms with Gasteiger partial charge in [-0.1, -0.05) is 13.3 Å². The molecule has 2 fully saturated rings. The zero-order chi connectivity index (χ0) is 17.6. The quantitative estimate of drug-likeness (QED) is 0.850. The second-order valence-electron chi connectivity index (χ2n) is 7.05. The Kier molecular flexibility index (Phi) is 6.26. The van der Waals surface area contributed by atoms with Gasteiger partial charge in [-0.15, -0.1) is 0 Å². The summed E-state index contributed by atoms with van der Waals surface area (Å²) in [7, 11) is 0. The fraction of sp³-hybridized carbons (Fsp3) is 0.684. The monoisotopic (exact) mass is 347 g/mol. The van der Waals surface area contributed by atoms with Crippen LogP contribution < -0.4 is 5.56 Å². The number of pyridine rings is 1. The Labute approximate surface area is 149 Å². The number of aryl methyl sites for hydroxylation is 1. The fourth-order valence-electron chi connectivity index (χ4n) is 3.68. The molecule has 2 aliphatic rings. The van der Waals surface area contributed by atoms with Gasteiger partial charge in [0.25, 0.3) is 5.91 Å². The fourth-order valence-corrected chi connectivity index (χ4v) is 3.68. The van der Waals surface area contributed by atoms with Crippen LogP contribution in [0.3, 0.4) is 0 Å². The number of hydrogen-bond acceptors (Lipinski definition) is 4. The number of aromatic amines is 1. The third-order valence-electron chi connectivity index (χ3n) is 5.17. The molecular weight excluding hydrogens is 318 g/mol. The predicted molar refractivity (Wildman–Crippen MR) is 97.0 cm³/mol. The molecule has 0 spiro atoms. The van der Waals surface area contributed by atoms with E-state index in [0.29, 0.717) is 25.1 Å². The van der Waals surface area contributed by atoms with Gasteiger partial charge in [-0.3, -0.25) is 9.59 Å². The molecule has 1 aromatic rings. The normalized spacial score (nSPS) is 21.6. The van der Waals surface area contributed by atoms with E-state index in [-0.39, 0.29) is 17.6 Å². The van der Waals surface area contributed by atoms with Crippen LogP contribution in [0.15, 0.2) is 16.9 Å². The lowest BCUT2D eigenvalue weighted by Gasteiger charge is -2.26. The third kappa shape index (κ3) is 4.92. The molecule has 1 unspecified atom stereocenters. The summed E-state index contributed by atoms with van der Waals surface area (Å²) < 4.78 is 5.99. The zero-order valence-corrected chi connectivity index (χ0v) is 15.1. The topological polar surface area (TPSA) is 65.6 Å². The van der Waals surface area contributed by atoms with E-state index in [2.05, 4.69) is 9.88 Å². The van der Waals surface area contributed by atoms with Crippen LogP contribution in [0.2, 0.25) is 0 Å². The van der Waals surface area contributed by atoms with Crippen molar-refractivity contribution < 1.29 is 9.53 Å². The average Bonchev–Trinajstić information content (AvgIpc) is 3.10. The molecule has 1 amide bonds. The highest BCUT2D eigenvalue weighted by molar-refractivity contribution is 5.94. The Morgan fingerprint density at radius 1 is 1.24 bits per heavy atom. The molecule has 3 heterocycles. The van der Waals surface area contributed by atoms with Crippen LogP contribution in [-0.2, 0) is 11.2 Å². The van der Waals surface area contributed by atoms with Crippen molar-refractivity contribution in [2.24, 2.45) is 0 Å². The summed E-state index contributed by atoms with van der Waals surface area (Å²) >= 11 is 0. The Bertz CT molecular complexity index is 637. The molecule has 1 aromatic heterocycles. The van der Waals surface area contributed by atoms with Gasteiger partial charge in [0.15, 0.2) is 0 Å². The molecule has 0 aromatic carbocycles. The molecule has 2 saturated heterocycles. The SMILES string of the molecule is CCc1cc(C(=O)N2CCC(OCCN3CCCCC3)C2)cc(=O)[nH]1. The average molecular weight is 347 g/mol. The van der Waals surface area contributed by atoms with Crippen LogP contribution in [-0.4, -0.2) is 66.1 Å². The van der Waals surface area contributed by atoms with Crippen LogP contribution >= 0.6 is 0 Å². The second-order valence-corrected chi connectivity index (χ2v) is 7.05. The van der Waals surface area contributed by atoms with Gasteiger partial charge in [0.05, 0.1) is 12.7 Å². The van der Waals surface area contributed by atoms with Gasteiger partial charge in [-0.25, -0.2) is 0 Å². The van der Waals surface area contributed by atoms with Crippen LogP contribution in [0.1, 0.15) is 48.7 Å². The summed E-state index contributed by atoms with van der Waals surface area (Å²) in [5.41, 5.74) is 1.06. The number of rotatable bonds is 6. The summed E-state index contributed by atoms with van der Waals surface area (Å²) in [6.45, 7) is 7.36. The summed E-state index contributed by atoms with van der Waals surface area (Å²) in [4.78, 5) is 31.4. The Morgan fingerprint density at radius 3 is 2.80 bits per heavy atom. The van der Waals surface area contributed by atoms with Gasteiger partial charge < -0.3 is 19.5 Å². The van der Waals surface area contributed by atoms with Gasteiger partial charge >= 0.3 is 0 Å². The molecule has 6 nitrogen and oxygen atoms in total. The van der Waals surface area contributed by atoms with Gasteiger partial charge in [-0.2, -0.15) is 0 Å². The van der Waals surface area contributed by atoms with E-state index in [4.69, 9.17) is 4.74 Å². The third-order valence-corrected chi connectivity index (χ3v) is 5.17. The molecule has 0 aliphatic carbocycles.